The van der Waals surface area contributed by atoms with Crippen LogP contribution in [0.5, 0.6) is 0 Å². The zero-order valence-electron chi connectivity index (χ0n) is 15.8. The maximum atomic E-state index is 12.3. The number of hydrogen-bond donors (Lipinski definition) is 2. The van der Waals surface area contributed by atoms with Gasteiger partial charge in [-0.1, -0.05) is 49.4 Å². The van der Waals surface area contributed by atoms with Crippen molar-refractivity contribution in [2.24, 2.45) is 0 Å². The molecule has 1 unspecified atom stereocenters. The van der Waals surface area contributed by atoms with E-state index in [0.717, 1.165) is 16.7 Å². The summed E-state index contributed by atoms with van der Waals surface area (Å²) in [6.07, 6.45) is 0.659. The van der Waals surface area contributed by atoms with Gasteiger partial charge in [0.05, 0.1) is 6.54 Å². The summed E-state index contributed by atoms with van der Waals surface area (Å²) < 4.78 is 5.71. The molecule has 0 fully saturated rings. The van der Waals surface area contributed by atoms with Crippen LogP contribution in [0.2, 0.25) is 0 Å². The van der Waals surface area contributed by atoms with Gasteiger partial charge in [-0.25, -0.2) is 0 Å². The summed E-state index contributed by atoms with van der Waals surface area (Å²) in [5, 5.41) is 5.37. The SMILES string of the molecule is CCC(CNC(=O)C(=O)Nc1cc(C)ccc1C)(OC)c1ccccc1. The van der Waals surface area contributed by atoms with E-state index in [2.05, 4.69) is 10.6 Å². The highest BCUT2D eigenvalue weighted by molar-refractivity contribution is 6.39. The van der Waals surface area contributed by atoms with Crippen LogP contribution in [-0.2, 0) is 19.9 Å². The van der Waals surface area contributed by atoms with Gasteiger partial charge in [0.2, 0.25) is 0 Å². The second-order valence-electron chi connectivity index (χ2n) is 6.37. The zero-order chi connectivity index (χ0) is 19.2. The molecule has 5 heteroatoms. The third-order valence-corrected chi connectivity index (χ3v) is 4.64. The first kappa shape index (κ1) is 19.7. The van der Waals surface area contributed by atoms with E-state index in [1.807, 2.05) is 69.3 Å². The van der Waals surface area contributed by atoms with Crippen LogP contribution in [-0.4, -0.2) is 25.5 Å². The van der Waals surface area contributed by atoms with Crippen LogP contribution < -0.4 is 10.6 Å². The van der Waals surface area contributed by atoms with E-state index < -0.39 is 17.4 Å². The molecule has 0 heterocycles. The molecule has 0 saturated heterocycles. The number of aryl methyl sites for hydroxylation is 2. The van der Waals surface area contributed by atoms with Gasteiger partial charge in [-0.05, 0) is 43.0 Å². The molecule has 0 aliphatic heterocycles. The number of rotatable bonds is 6. The summed E-state index contributed by atoms with van der Waals surface area (Å²) in [6, 6.07) is 15.4. The molecule has 0 spiro atoms. The molecule has 2 amide bonds. The topological polar surface area (TPSA) is 67.4 Å². The lowest BCUT2D eigenvalue weighted by Gasteiger charge is -2.32. The normalized spacial score (nSPS) is 12.9. The Balaban J connectivity index is 2.06. The molecule has 0 bridgehead atoms. The highest BCUT2D eigenvalue weighted by Gasteiger charge is 2.31. The molecule has 5 nitrogen and oxygen atoms in total. The van der Waals surface area contributed by atoms with Gasteiger partial charge < -0.3 is 15.4 Å². The minimum atomic E-state index is -0.687. The van der Waals surface area contributed by atoms with E-state index in [-0.39, 0.29) is 6.54 Å². The molecule has 0 radical (unpaired) electrons. The van der Waals surface area contributed by atoms with Crippen molar-refractivity contribution in [1.29, 1.82) is 0 Å². The molecule has 1 atom stereocenters. The monoisotopic (exact) mass is 354 g/mol. The van der Waals surface area contributed by atoms with Gasteiger partial charge in [-0.15, -0.1) is 0 Å². The average molecular weight is 354 g/mol. The number of carbonyl (C=O) groups excluding carboxylic acids is 2. The molecule has 0 aliphatic carbocycles. The highest BCUT2D eigenvalue weighted by atomic mass is 16.5. The van der Waals surface area contributed by atoms with E-state index in [1.165, 1.54) is 0 Å². The number of benzene rings is 2. The Kier molecular flexibility index (Phi) is 6.52. The predicted molar refractivity (Wildman–Crippen MR) is 103 cm³/mol. The fourth-order valence-electron chi connectivity index (χ4n) is 2.86. The van der Waals surface area contributed by atoms with Crippen molar-refractivity contribution in [2.45, 2.75) is 32.8 Å². The van der Waals surface area contributed by atoms with Crippen LogP contribution in [0.1, 0.15) is 30.0 Å². The lowest BCUT2D eigenvalue weighted by molar-refractivity contribution is -0.137. The van der Waals surface area contributed by atoms with Crippen molar-refractivity contribution in [2.75, 3.05) is 19.0 Å². The lowest BCUT2D eigenvalue weighted by atomic mass is 9.90. The number of nitrogens with one attached hydrogen (secondary N) is 2. The van der Waals surface area contributed by atoms with Crippen molar-refractivity contribution < 1.29 is 14.3 Å². The minimum Gasteiger partial charge on any atom is -0.372 e. The second kappa shape index (κ2) is 8.63. The van der Waals surface area contributed by atoms with Gasteiger partial charge in [0.15, 0.2) is 0 Å². The van der Waals surface area contributed by atoms with Gasteiger partial charge in [-0.2, -0.15) is 0 Å². The Bertz CT molecular complexity index is 768. The number of carbonyl (C=O) groups is 2. The predicted octanol–water partition coefficient (Wildman–Crippen LogP) is 3.31. The summed E-state index contributed by atoms with van der Waals surface area (Å²) in [7, 11) is 1.61. The molecular weight excluding hydrogens is 328 g/mol. The molecule has 2 N–H and O–H groups in total. The quantitative estimate of drug-likeness (QED) is 0.782. The van der Waals surface area contributed by atoms with E-state index in [4.69, 9.17) is 4.74 Å². The van der Waals surface area contributed by atoms with Crippen LogP contribution in [0, 0.1) is 13.8 Å². The summed E-state index contributed by atoms with van der Waals surface area (Å²) in [4.78, 5) is 24.5. The van der Waals surface area contributed by atoms with E-state index >= 15 is 0 Å². The van der Waals surface area contributed by atoms with Crippen molar-refractivity contribution in [3.8, 4) is 0 Å². The van der Waals surface area contributed by atoms with Gasteiger partial charge in [-0.3, -0.25) is 9.59 Å². The van der Waals surface area contributed by atoms with Gasteiger partial charge in [0, 0.05) is 12.8 Å². The number of ether oxygens (including phenoxy) is 1. The molecule has 0 aromatic heterocycles. The number of amides is 2. The number of hydrogen-bond acceptors (Lipinski definition) is 3. The van der Waals surface area contributed by atoms with Crippen molar-refractivity contribution >= 4 is 17.5 Å². The van der Waals surface area contributed by atoms with Crippen LogP contribution >= 0.6 is 0 Å². The Morgan fingerprint density at radius 2 is 1.73 bits per heavy atom. The Hall–Kier alpha value is -2.66. The summed E-state index contributed by atoms with van der Waals surface area (Å²) >= 11 is 0. The molecular formula is C21H26N2O3. The van der Waals surface area contributed by atoms with Crippen molar-refractivity contribution in [3.05, 3.63) is 65.2 Å². The number of anilines is 1. The Morgan fingerprint density at radius 1 is 1.04 bits per heavy atom. The van der Waals surface area contributed by atoms with E-state index in [9.17, 15) is 9.59 Å². The summed E-state index contributed by atoms with van der Waals surface area (Å²) in [5.74, 6) is -1.37. The minimum absolute atomic E-state index is 0.211. The maximum Gasteiger partial charge on any atom is 0.313 e. The van der Waals surface area contributed by atoms with Gasteiger partial charge in [0.1, 0.15) is 5.60 Å². The fraction of sp³-hybridized carbons (Fsp3) is 0.333. The molecule has 138 valence electrons. The number of methoxy groups -OCH3 is 1. The standard InChI is InChI=1S/C21H26N2O3/c1-5-21(26-4,17-9-7-6-8-10-17)14-22-19(24)20(25)23-18-13-15(2)11-12-16(18)3/h6-13H,5,14H2,1-4H3,(H,22,24)(H,23,25). The smallest absolute Gasteiger partial charge is 0.313 e. The first-order chi connectivity index (χ1) is 12.4. The zero-order valence-corrected chi connectivity index (χ0v) is 15.8. The average Bonchev–Trinajstić information content (AvgIpc) is 2.66. The van der Waals surface area contributed by atoms with Crippen LogP contribution in [0.4, 0.5) is 5.69 Å². The van der Waals surface area contributed by atoms with Gasteiger partial charge >= 0.3 is 11.8 Å². The summed E-state index contributed by atoms with van der Waals surface area (Å²) in [5.41, 5.74) is 2.85. The van der Waals surface area contributed by atoms with Crippen LogP contribution in [0.25, 0.3) is 0 Å². The van der Waals surface area contributed by atoms with Crippen molar-refractivity contribution in [3.63, 3.8) is 0 Å². The first-order valence-corrected chi connectivity index (χ1v) is 8.69. The molecule has 0 aliphatic rings. The van der Waals surface area contributed by atoms with Gasteiger partial charge in [0.25, 0.3) is 0 Å². The van der Waals surface area contributed by atoms with E-state index in [1.54, 1.807) is 7.11 Å². The largest absolute Gasteiger partial charge is 0.372 e. The van der Waals surface area contributed by atoms with E-state index in [0.29, 0.717) is 12.1 Å². The Labute approximate surface area is 154 Å². The second-order valence-corrected chi connectivity index (χ2v) is 6.37. The highest BCUT2D eigenvalue weighted by Crippen LogP contribution is 2.28. The lowest BCUT2D eigenvalue weighted by Crippen LogP contribution is -2.45. The molecule has 2 aromatic rings. The van der Waals surface area contributed by atoms with Crippen LogP contribution in [0.15, 0.2) is 48.5 Å². The molecule has 0 saturated carbocycles. The molecule has 2 rings (SSSR count). The third-order valence-electron chi connectivity index (χ3n) is 4.64. The molecule has 2 aromatic carbocycles. The Morgan fingerprint density at radius 3 is 2.35 bits per heavy atom. The first-order valence-electron chi connectivity index (χ1n) is 8.69. The summed E-state index contributed by atoms with van der Waals surface area (Å²) in [6.45, 7) is 6.01. The maximum absolute atomic E-state index is 12.3. The van der Waals surface area contributed by atoms with Crippen LogP contribution in [0.3, 0.4) is 0 Å². The molecule has 26 heavy (non-hydrogen) atoms. The van der Waals surface area contributed by atoms with Crippen molar-refractivity contribution in [1.82, 2.24) is 5.32 Å². The fourth-order valence-corrected chi connectivity index (χ4v) is 2.86. The third kappa shape index (κ3) is 4.49.